The molecule has 1 fully saturated rings. The first-order valence-electron chi connectivity index (χ1n) is 5.21. The molecule has 0 bridgehead atoms. The number of sulfone groups is 1. The maximum absolute atomic E-state index is 11.4. The van der Waals surface area contributed by atoms with Crippen LogP contribution in [0.25, 0.3) is 0 Å². The first-order chi connectivity index (χ1) is 8.35. The summed E-state index contributed by atoms with van der Waals surface area (Å²) in [5.41, 5.74) is 0. The van der Waals surface area contributed by atoms with Gasteiger partial charge in [-0.05, 0) is 19.1 Å². The largest absolute Gasteiger partial charge is 0.360 e. The summed E-state index contributed by atoms with van der Waals surface area (Å²) < 4.78 is 27.6. The van der Waals surface area contributed by atoms with Crippen LogP contribution in [0.15, 0.2) is 10.6 Å². The molecular formula is C9H12ClN3O3S2. The summed E-state index contributed by atoms with van der Waals surface area (Å²) in [7, 11) is -3.08. The third kappa shape index (κ3) is 3.33. The molecule has 1 aliphatic rings. The van der Waals surface area contributed by atoms with E-state index in [9.17, 15) is 8.42 Å². The Morgan fingerprint density at radius 2 is 2.33 bits per heavy atom. The highest BCUT2D eigenvalue weighted by molar-refractivity contribution is 7.91. The van der Waals surface area contributed by atoms with Gasteiger partial charge in [-0.1, -0.05) is 5.16 Å². The Labute approximate surface area is 115 Å². The van der Waals surface area contributed by atoms with Gasteiger partial charge >= 0.3 is 0 Å². The molecule has 0 aliphatic carbocycles. The first kappa shape index (κ1) is 13.6. The molecule has 0 spiro atoms. The molecule has 2 atom stereocenters. The fourth-order valence-electron chi connectivity index (χ4n) is 1.68. The van der Waals surface area contributed by atoms with E-state index in [0.717, 1.165) is 0 Å². The summed E-state index contributed by atoms with van der Waals surface area (Å²) in [6.45, 7) is 1.76. The second kappa shape index (κ2) is 5.02. The lowest BCUT2D eigenvalue weighted by molar-refractivity contribution is 0.400. The minimum Gasteiger partial charge on any atom is -0.360 e. The van der Waals surface area contributed by atoms with E-state index in [0.29, 0.717) is 11.6 Å². The minimum atomic E-state index is -3.08. The summed E-state index contributed by atoms with van der Waals surface area (Å²) in [6.07, 6.45) is 0. The Kier molecular flexibility index (Phi) is 3.79. The Hall–Kier alpha value is -0.860. The van der Waals surface area contributed by atoms with Crippen LogP contribution >= 0.6 is 23.8 Å². The molecule has 1 saturated heterocycles. The van der Waals surface area contributed by atoms with Crippen molar-refractivity contribution in [1.82, 2.24) is 10.5 Å². The molecule has 1 aliphatic heterocycles. The summed E-state index contributed by atoms with van der Waals surface area (Å²) in [4.78, 5) is 0. The maximum Gasteiger partial charge on any atom is 0.175 e. The molecule has 100 valence electrons. The molecule has 2 rings (SSSR count). The monoisotopic (exact) mass is 309 g/mol. The standard InChI is InChI=1S/C9H12ClN3O3S2/c1-5-2-8(13-16-5)12-9(17)11-7-4-18(14,15)3-6(7)10/h2,6-7H,3-4H2,1H3,(H2,11,12,13,17)/t6-,7+/m1/s1. The van der Waals surface area contributed by atoms with Crippen LogP contribution in [0.5, 0.6) is 0 Å². The number of rotatable bonds is 2. The lowest BCUT2D eigenvalue weighted by Gasteiger charge is -2.16. The Bertz CT molecular complexity index is 557. The fourth-order valence-corrected chi connectivity index (χ4v) is 4.49. The zero-order chi connectivity index (χ0) is 13.3. The van der Waals surface area contributed by atoms with Crippen molar-refractivity contribution in [2.24, 2.45) is 0 Å². The van der Waals surface area contributed by atoms with Crippen molar-refractivity contribution < 1.29 is 12.9 Å². The minimum absolute atomic E-state index is 0.0131. The van der Waals surface area contributed by atoms with E-state index in [1.807, 2.05) is 0 Å². The van der Waals surface area contributed by atoms with Gasteiger partial charge in [-0.3, -0.25) is 0 Å². The van der Waals surface area contributed by atoms with Crippen LogP contribution in [-0.2, 0) is 9.84 Å². The summed E-state index contributed by atoms with van der Waals surface area (Å²) in [5, 5.41) is 9.18. The van der Waals surface area contributed by atoms with Crippen LogP contribution < -0.4 is 10.6 Å². The van der Waals surface area contributed by atoms with Gasteiger partial charge in [-0.25, -0.2) is 8.42 Å². The lowest BCUT2D eigenvalue weighted by Crippen LogP contribution is -2.42. The van der Waals surface area contributed by atoms with Crippen molar-refractivity contribution in [3.63, 3.8) is 0 Å². The van der Waals surface area contributed by atoms with Gasteiger partial charge in [0.05, 0.1) is 22.9 Å². The molecule has 1 aromatic rings. The van der Waals surface area contributed by atoms with Crippen molar-refractivity contribution in [2.45, 2.75) is 18.3 Å². The second-order valence-corrected chi connectivity index (χ2v) is 7.24. The van der Waals surface area contributed by atoms with E-state index in [2.05, 4.69) is 15.8 Å². The van der Waals surface area contributed by atoms with Gasteiger partial charge in [0.1, 0.15) is 5.76 Å². The molecule has 2 N–H and O–H groups in total. The van der Waals surface area contributed by atoms with Gasteiger partial charge in [0, 0.05) is 6.07 Å². The SMILES string of the molecule is Cc1cc(NC(=S)N[C@H]2CS(=O)(=O)C[C@H]2Cl)no1. The van der Waals surface area contributed by atoms with Crippen molar-refractivity contribution in [3.8, 4) is 0 Å². The lowest BCUT2D eigenvalue weighted by atomic mass is 10.2. The number of hydrogen-bond acceptors (Lipinski definition) is 5. The average molecular weight is 310 g/mol. The van der Waals surface area contributed by atoms with Crippen molar-refractivity contribution in [2.75, 3.05) is 16.8 Å². The maximum atomic E-state index is 11.4. The van der Waals surface area contributed by atoms with E-state index in [4.69, 9.17) is 28.3 Å². The van der Waals surface area contributed by atoms with Crippen molar-refractivity contribution >= 4 is 44.6 Å². The molecule has 1 aromatic heterocycles. The molecule has 0 amide bonds. The van der Waals surface area contributed by atoms with Crippen LogP contribution in [-0.4, -0.2) is 41.6 Å². The highest BCUT2D eigenvalue weighted by atomic mass is 35.5. The van der Waals surface area contributed by atoms with E-state index < -0.39 is 15.2 Å². The van der Waals surface area contributed by atoms with Gasteiger partial charge in [0.25, 0.3) is 0 Å². The number of halogens is 1. The fraction of sp³-hybridized carbons (Fsp3) is 0.556. The van der Waals surface area contributed by atoms with E-state index in [1.165, 1.54) is 0 Å². The van der Waals surface area contributed by atoms with Crippen LogP contribution in [0.2, 0.25) is 0 Å². The number of nitrogens with one attached hydrogen (secondary N) is 2. The van der Waals surface area contributed by atoms with Gasteiger partial charge in [-0.2, -0.15) is 0 Å². The quantitative estimate of drug-likeness (QED) is 0.613. The number of aromatic nitrogens is 1. The van der Waals surface area contributed by atoms with Crippen LogP contribution in [0, 0.1) is 6.92 Å². The highest BCUT2D eigenvalue weighted by Gasteiger charge is 2.36. The van der Waals surface area contributed by atoms with Gasteiger partial charge < -0.3 is 15.2 Å². The average Bonchev–Trinajstić information content (AvgIpc) is 2.71. The number of thiocarbonyl (C=S) groups is 1. The molecule has 0 aromatic carbocycles. The molecule has 2 heterocycles. The number of nitrogens with zero attached hydrogens (tertiary/aromatic N) is 1. The van der Waals surface area contributed by atoms with E-state index in [1.54, 1.807) is 13.0 Å². The molecule has 0 saturated carbocycles. The summed E-state index contributed by atoms with van der Waals surface area (Å²) in [6, 6.07) is 1.29. The second-order valence-electron chi connectivity index (χ2n) is 4.12. The molecule has 6 nitrogen and oxygen atoms in total. The third-order valence-corrected chi connectivity index (χ3v) is 5.06. The van der Waals surface area contributed by atoms with Gasteiger partial charge in [0.15, 0.2) is 20.8 Å². The zero-order valence-electron chi connectivity index (χ0n) is 9.51. The smallest absolute Gasteiger partial charge is 0.175 e. The predicted molar refractivity (Wildman–Crippen MR) is 72.7 cm³/mol. The molecule has 0 unspecified atom stereocenters. The zero-order valence-corrected chi connectivity index (χ0v) is 11.9. The Morgan fingerprint density at radius 1 is 1.61 bits per heavy atom. The molecule has 0 radical (unpaired) electrons. The normalized spacial score (nSPS) is 25.9. The molecule has 9 heteroatoms. The Balaban J connectivity index is 1.92. The van der Waals surface area contributed by atoms with Crippen LogP contribution in [0.4, 0.5) is 5.82 Å². The summed E-state index contributed by atoms with van der Waals surface area (Å²) >= 11 is 11.0. The highest BCUT2D eigenvalue weighted by Crippen LogP contribution is 2.18. The topological polar surface area (TPSA) is 84.2 Å². The summed E-state index contributed by atoms with van der Waals surface area (Å²) in [5.74, 6) is 1.08. The number of aryl methyl sites for hydroxylation is 1. The predicted octanol–water partition coefficient (Wildman–Crippen LogP) is 0.674. The van der Waals surface area contributed by atoms with Crippen LogP contribution in [0.3, 0.4) is 0 Å². The van der Waals surface area contributed by atoms with E-state index in [-0.39, 0.29) is 22.7 Å². The van der Waals surface area contributed by atoms with E-state index >= 15 is 0 Å². The first-order valence-corrected chi connectivity index (χ1v) is 7.88. The van der Waals surface area contributed by atoms with Gasteiger partial charge in [-0.15, -0.1) is 11.6 Å². The van der Waals surface area contributed by atoms with Gasteiger partial charge in [0.2, 0.25) is 0 Å². The molecular weight excluding hydrogens is 298 g/mol. The van der Waals surface area contributed by atoms with Crippen molar-refractivity contribution in [1.29, 1.82) is 0 Å². The van der Waals surface area contributed by atoms with Crippen molar-refractivity contribution in [3.05, 3.63) is 11.8 Å². The number of anilines is 1. The molecule has 18 heavy (non-hydrogen) atoms. The number of alkyl halides is 1. The van der Waals surface area contributed by atoms with Crippen LogP contribution in [0.1, 0.15) is 5.76 Å². The third-order valence-electron chi connectivity index (χ3n) is 2.47. The Morgan fingerprint density at radius 3 is 2.83 bits per heavy atom. The number of hydrogen-bond donors (Lipinski definition) is 2.